The number of carbonyl (C=O) groups is 2. The van der Waals surface area contributed by atoms with Gasteiger partial charge in [-0.15, -0.1) is 0 Å². The highest BCUT2D eigenvalue weighted by Crippen LogP contribution is 2.29. The van der Waals surface area contributed by atoms with Gasteiger partial charge in [0.2, 0.25) is 0 Å². The quantitative estimate of drug-likeness (QED) is 0.665. The summed E-state index contributed by atoms with van der Waals surface area (Å²) in [6.07, 6.45) is 1.43. The zero-order valence-corrected chi connectivity index (χ0v) is 9.38. The first-order valence-corrected chi connectivity index (χ1v) is 5.16. The topological polar surface area (TPSA) is 105 Å². The molecule has 1 aromatic rings. The summed E-state index contributed by atoms with van der Waals surface area (Å²) in [7, 11) is 0. The maximum absolute atomic E-state index is 11.7. The molecule has 7 heteroatoms. The van der Waals surface area contributed by atoms with Gasteiger partial charge in [0.25, 0.3) is 17.4 Å². The first-order chi connectivity index (χ1) is 8.54. The van der Waals surface area contributed by atoms with Gasteiger partial charge in [0.05, 0.1) is 6.54 Å². The van der Waals surface area contributed by atoms with E-state index in [2.05, 4.69) is 11.6 Å². The molecule has 0 saturated carbocycles. The number of hydrogen-bond acceptors (Lipinski definition) is 4. The fraction of sp³-hybridized carbons (Fsp3) is 0.182. The van der Waals surface area contributed by atoms with Crippen LogP contribution in [0, 0.1) is 0 Å². The van der Waals surface area contributed by atoms with Crippen LogP contribution in [0.25, 0.3) is 0 Å². The summed E-state index contributed by atoms with van der Waals surface area (Å²) < 4.78 is 5.28. The minimum Gasteiger partial charge on any atom is -0.476 e. The van der Waals surface area contributed by atoms with Crippen LogP contribution in [-0.2, 0) is 9.59 Å². The van der Waals surface area contributed by atoms with E-state index in [0.717, 1.165) is 11.0 Å². The van der Waals surface area contributed by atoms with Gasteiger partial charge in [-0.1, -0.05) is 6.58 Å². The SMILES string of the molecule is C=CC(=O)N1CC(C(N)=O)Oc2cc[nH]c(=O)c21. The minimum absolute atomic E-state index is 0.0555. The molecule has 7 nitrogen and oxygen atoms in total. The molecule has 18 heavy (non-hydrogen) atoms. The summed E-state index contributed by atoms with van der Waals surface area (Å²) in [6, 6.07) is 1.45. The zero-order chi connectivity index (χ0) is 13.3. The van der Waals surface area contributed by atoms with Gasteiger partial charge in [-0.05, 0) is 12.1 Å². The second-order valence-corrected chi connectivity index (χ2v) is 3.68. The molecule has 1 aliphatic rings. The third kappa shape index (κ3) is 1.86. The number of hydrogen-bond donors (Lipinski definition) is 2. The monoisotopic (exact) mass is 249 g/mol. The number of pyridine rings is 1. The van der Waals surface area contributed by atoms with Gasteiger partial charge < -0.3 is 15.5 Å². The highest BCUT2D eigenvalue weighted by Gasteiger charge is 2.33. The van der Waals surface area contributed by atoms with E-state index in [0.29, 0.717) is 0 Å². The summed E-state index contributed by atoms with van der Waals surface area (Å²) in [5, 5.41) is 0. The average Bonchev–Trinajstić information content (AvgIpc) is 2.36. The Morgan fingerprint density at radius 1 is 1.61 bits per heavy atom. The average molecular weight is 249 g/mol. The Morgan fingerprint density at radius 3 is 2.94 bits per heavy atom. The number of carbonyl (C=O) groups excluding carboxylic acids is 2. The van der Waals surface area contributed by atoms with Crippen LogP contribution >= 0.6 is 0 Å². The summed E-state index contributed by atoms with van der Waals surface area (Å²) in [6.45, 7) is 3.24. The first-order valence-electron chi connectivity index (χ1n) is 5.16. The van der Waals surface area contributed by atoms with Gasteiger partial charge in [0.15, 0.2) is 17.5 Å². The predicted octanol–water partition coefficient (Wildman–Crippen LogP) is -0.860. The van der Waals surface area contributed by atoms with Crippen LogP contribution in [0.4, 0.5) is 5.69 Å². The lowest BCUT2D eigenvalue weighted by molar-refractivity contribution is -0.125. The summed E-state index contributed by atoms with van der Waals surface area (Å²) in [5.74, 6) is -1.06. The predicted molar refractivity (Wildman–Crippen MR) is 63.2 cm³/mol. The maximum Gasteiger partial charge on any atom is 0.275 e. The number of fused-ring (bicyclic) bond motifs is 1. The van der Waals surface area contributed by atoms with Crippen LogP contribution in [0.2, 0.25) is 0 Å². The Balaban J connectivity index is 2.54. The molecule has 0 fully saturated rings. The van der Waals surface area contributed by atoms with E-state index in [9.17, 15) is 14.4 Å². The van der Waals surface area contributed by atoms with Gasteiger partial charge in [0, 0.05) is 6.20 Å². The lowest BCUT2D eigenvalue weighted by Crippen LogP contribution is -2.50. The third-order valence-electron chi connectivity index (χ3n) is 2.54. The number of anilines is 1. The highest BCUT2D eigenvalue weighted by atomic mass is 16.5. The van der Waals surface area contributed by atoms with Crippen molar-refractivity contribution in [3.8, 4) is 5.75 Å². The molecule has 0 radical (unpaired) electrons. The van der Waals surface area contributed by atoms with Crippen molar-refractivity contribution in [1.29, 1.82) is 0 Å². The fourth-order valence-corrected chi connectivity index (χ4v) is 1.71. The van der Waals surface area contributed by atoms with Gasteiger partial charge in [-0.2, -0.15) is 0 Å². The van der Waals surface area contributed by atoms with E-state index in [1.54, 1.807) is 0 Å². The van der Waals surface area contributed by atoms with Gasteiger partial charge in [-0.25, -0.2) is 0 Å². The number of nitrogens with two attached hydrogens (primary N) is 1. The molecule has 1 atom stereocenters. The number of rotatable bonds is 2. The molecule has 1 aliphatic heterocycles. The second kappa shape index (κ2) is 4.36. The van der Waals surface area contributed by atoms with Crippen molar-refractivity contribution in [2.45, 2.75) is 6.10 Å². The molecular formula is C11H11N3O4. The number of H-pyrrole nitrogens is 1. The molecule has 2 rings (SSSR count). The third-order valence-corrected chi connectivity index (χ3v) is 2.54. The molecule has 0 saturated heterocycles. The van der Waals surface area contributed by atoms with Crippen LogP contribution in [-0.4, -0.2) is 29.4 Å². The number of nitrogens with one attached hydrogen (secondary N) is 1. The number of aromatic nitrogens is 1. The van der Waals surface area contributed by atoms with Crippen molar-refractivity contribution < 1.29 is 14.3 Å². The van der Waals surface area contributed by atoms with Crippen LogP contribution < -0.4 is 20.9 Å². The zero-order valence-electron chi connectivity index (χ0n) is 9.38. The molecule has 0 bridgehead atoms. The lowest BCUT2D eigenvalue weighted by atomic mass is 10.2. The van der Waals surface area contributed by atoms with Gasteiger partial charge in [-0.3, -0.25) is 19.3 Å². The van der Waals surface area contributed by atoms with Crippen LogP contribution in [0.5, 0.6) is 5.75 Å². The summed E-state index contributed by atoms with van der Waals surface area (Å²) in [4.78, 5) is 38.1. The lowest BCUT2D eigenvalue weighted by Gasteiger charge is -2.31. The van der Waals surface area contributed by atoms with Crippen molar-refractivity contribution >= 4 is 17.5 Å². The Morgan fingerprint density at radius 2 is 2.33 bits per heavy atom. The molecule has 1 aromatic heterocycles. The van der Waals surface area contributed by atoms with Gasteiger partial charge >= 0.3 is 0 Å². The number of nitrogens with zero attached hydrogens (tertiary/aromatic N) is 1. The first kappa shape index (κ1) is 11.9. The maximum atomic E-state index is 11.7. The molecule has 0 spiro atoms. The molecule has 2 amide bonds. The van der Waals surface area contributed by atoms with Crippen molar-refractivity contribution in [2.24, 2.45) is 5.73 Å². The smallest absolute Gasteiger partial charge is 0.275 e. The number of ether oxygens (including phenoxy) is 1. The second-order valence-electron chi connectivity index (χ2n) is 3.68. The number of aromatic amines is 1. The van der Waals surface area contributed by atoms with E-state index in [1.165, 1.54) is 12.3 Å². The standard InChI is InChI=1S/C11H11N3O4/c1-2-8(15)14-5-7(10(12)16)18-6-3-4-13-11(17)9(6)14/h2-4,7H,1,5H2,(H2,12,16)(H,13,17). The van der Waals surface area contributed by atoms with E-state index in [-0.39, 0.29) is 18.0 Å². The molecule has 0 aliphatic carbocycles. The molecule has 2 heterocycles. The van der Waals surface area contributed by atoms with Crippen molar-refractivity contribution in [2.75, 3.05) is 11.4 Å². The number of amides is 2. The Labute approximate surface area is 102 Å². The van der Waals surface area contributed by atoms with E-state index >= 15 is 0 Å². The fourth-order valence-electron chi connectivity index (χ4n) is 1.71. The van der Waals surface area contributed by atoms with E-state index in [4.69, 9.17) is 10.5 Å². The van der Waals surface area contributed by atoms with E-state index < -0.39 is 23.5 Å². The normalized spacial score (nSPS) is 17.6. The summed E-state index contributed by atoms with van der Waals surface area (Å²) >= 11 is 0. The van der Waals surface area contributed by atoms with Crippen molar-refractivity contribution in [3.63, 3.8) is 0 Å². The Bertz CT molecular complexity index is 578. The largest absolute Gasteiger partial charge is 0.476 e. The van der Waals surface area contributed by atoms with Crippen LogP contribution in [0.1, 0.15) is 0 Å². The Hall–Kier alpha value is -2.57. The van der Waals surface area contributed by atoms with E-state index in [1.807, 2.05) is 0 Å². The molecular weight excluding hydrogens is 238 g/mol. The molecule has 3 N–H and O–H groups in total. The highest BCUT2D eigenvalue weighted by molar-refractivity contribution is 6.03. The molecule has 1 unspecified atom stereocenters. The van der Waals surface area contributed by atoms with Crippen LogP contribution in [0.3, 0.4) is 0 Å². The Kier molecular flexibility index (Phi) is 2.88. The molecule has 94 valence electrons. The summed E-state index contributed by atoms with van der Waals surface area (Å²) in [5.41, 5.74) is 4.73. The van der Waals surface area contributed by atoms with Gasteiger partial charge in [0.1, 0.15) is 0 Å². The van der Waals surface area contributed by atoms with Crippen molar-refractivity contribution in [3.05, 3.63) is 35.3 Å². The van der Waals surface area contributed by atoms with Crippen LogP contribution in [0.15, 0.2) is 29.7 Å². The molecule has 0 aromatic carbocycles. The van der Waals surface area contributed by atoms with Crippen molar-refractivity contribution in [1.82, 2.24) is 4.98 Å². The minimum atomic E-state index is -0.983. The number of primary amides is 1.